The standard InChI is InChI=1S/C48H48N6/c1(37-13-25-49-26-14-37)7-43-44(8-2-38-15-27-50-28-16-38)46(10-4-40-19-31-52-32-20-40)48(12-6-42-23-35-54-36-24-42)47(11-5-41-21-33-53-34-22-41)45(43)9-3-39-17-29-51-30-18-39/h13-36H,1-12H2. The van der Waals surface area contributed by atoms with Crippen molar-refractivity contribution in [2.75, 3.05) is 0 Å². The first-order chi connectivity index (χ1) is 26.8. The Labute approximate surface area is 319 Å². The van der Waals surface area contributed by atoms with E-state index in [9.17, 15) is 0 Å². The van der Waals surface area contributed by atoms with Crippen molar-refractivity contribution >= 4 is 0 Å². The minimum absolute atomic E-state index is 0.969. The maximum atomic E-state index is 4.33. The molecule has 6 aromatic heterocycles. The van der Waals surface area contributed by atoms with Gasteiger partial charge in [-0.05, 0) is 217 Å². The molecular formula is C48H48N6. The molecule has 0 atom stereocenters. The molecule has 0 saturated carbocycles. The van der Waals surface area contributed by atoms with Crippen LogP contribution in [0, 0.1) is 0 Å². The summed E-state index contributed by atoms with van der Waals surface area (Å²) in [5, 5.41) is 0. The fourth-order valence-electron chi connectivity index (χ4n) is 7.82. The highest BCUT2D eigenvalue weighted by molar-refractivity contribution is 5.54. The highest BCUT2D eigenvalue weighted by atomic mass is 14.6. The van der Waals surface area contributed by atoms with Crippen LogP contribution in [-0.4, -0.2) is 29.9 Å². The maximum absolute atomic E-state index is 4.33. The zero-order chi connectivity index (χ0) is 36.6. The van der Waals surface area contributed by atoms with Crippen molar-refractivity contribution in [2.24, 2.45) is 0 Å². The Balaban J connectivity index is 1.42. The van der Waals surface area contributed by atoms with Gasteiger partial charge in [0.25, 0.3) is 0 Å². The van der Waals surface area contributed by atoms with E-state index in [2.05, 4.69) is 103 Å². The van der Waals surface area contributed by atoms with Crippen LogP contribution in [0.3, 0.4) is 0 Å². The van der Waals surface area contributed by atoms with Gasteiger partial charge in [0.15, 0.2) is 0 Å². The lowest BCUT2D eigenvalue weighted by atomic mass is 9.76. The minimum Gasteiger partial charge on any atom is -0.265 e. The molecule has 1 aromatic carbocycles. The molecule has 7 rings (SSSR count). The Morgan fingerprint density at radius 3 is 0.444 bits per heavy atom. The van der Waals surface area contributed by atoms with E-state index in [-0.39, 0.29) is 0 Å². The lowest BCUT2D eigenvalue weighted by Crippen LogP contribution is -2.18. The largest absolute Gasteiger partial charge is 0.265 e. The van der Waals surface area contributed by atoms with Crippen LogP contribution in [0.1, 0.15) is 66.8 Å². The normalized spacial score (nSPS) is 11.1. The Morgan fingerprint density at radius 1 is 0.185 bits per heavy atom. The van der Waals surface area contributed by atoms with Crippen LogP contribution in [0.4, 0.5) is 0 Å². The average Bonchev–Trinajstić information content (AvgIpc) is 3.24. The molecule has 54 heavy (non-hydrogen) atoms. The molecule has 0 bridgehead atoms. The molecule has 6 heteroatoms. The molecule has 0 saturated heterocycles. The van der Waals surface area contributed by atoms with E-state index in [4.69, 9.17) is 0 Å². The third-order valence-electron chi connectivity index (χ3n) is 10.7. The molecule has 0 spiro atoms. The van der Waals surface area contributed by atoms with Gasteiger partial charge in [-0.15, -0.1) is 0 Å². The second-order valence-corrected chi connectivity index (χ2v) is 14.0. The van der Waals surface area contributed by atoms with Crippen LogP contribution < -0.4 is 0 Å². The second kappa shape index (κ2) is 19.3. The van der Waals surface area contributed by atoms with E-state index in [1.807, 2.05) is 74.4 Å². The predicted octanol–water partition coefficient (Wildman–Crippen LogP) is 8.77. The van der Waals surface area contributed by atoms with Crippen LogP contribution in [0.15, 0.2) is 147 Å². The molecule has 0 aliphatic rings. The first-order valence-electron chi connectivity index (χ1n) is 19.3. The van der Waals surface area contributed by atoms with E-state index in [0.29, 0.717) is 0 Å². The summed E-state index contributed by atoms with van der Waals surface area (Å²) in [4.78, 5) is 26.0. The molecule has 6 heterocycles. The van der Waals surface area contributed by atoms with Crippen molar-refractivity contribution in [3.63, 3.8) is 0 Å². The maximum Gasteiger partial charge on any atom is 0.0270 e. The lowest BCUT2D eigenvalue weighted by Gasteiger charge is -2.28. The molecule has 7 aromatic rings. The van der Waals surface area contributed by atoms with Gasteiger partial charge in [-0.2, -0.15) is 0 Å². The molecule has 270 valence electrons. The minimum atomic E-state index is 0.969. The predicted molar refractivity (Wildman–Crippen MR) is 216 cm³/mol. The highest BCUT2D eigenvalue weighted by Gasteiger charge is 2.24. The van der Waals surface area contributed by atoms with Crippen LogP contribution >= 0.6 is 0 Å². The quantitative estimate of drug-likeness (QED) is 0.0888. The van der Waals surface area contributed by atoms with E-state index < -0.39 is 0 Å². The van der Waals surface area contributed by atoms with E-state index in [0.717, 1.165) is 77.0 Å². The van der Waals surface area contributed by atoms with Crippen molar-refractivity contribution in [1.29, 1.82) is 0 Å². The van der Waals surface area contributed by atoms with Crippen molar-refractivity contribution in [1.82, 2.24) is 29.9 Å². The van der Waals surface area contributed by atoms with Gasteiger partial charge in [0.05, 0.1) is 0 Å². The summed E-state index contributed by atoms with van der Waals surface area (Å²) in [5.74, 6) is 0. The van der Waals surface area contributed by atoms with E-state index in [1.165, 1.54) is 66.8 Å². The third kappa shape index (κ3) is 10.2. The monoisotopic (exact) mass is 708 g/mol. The Hall–Kier alpha value is -5.88. The molecule has 0 fully saturated rings. The second-order valence-electron chi connectivity index (χ2n) is 14.0. The molecule has 0 aliphatic heterocycles. The zero-order valence-electron chi connectivity index (χ0n) is 31.0. The summed E-state index contributed by atoms with van der Waals surface area (Å²) in [6.07, 6.45) is 34.8. The summed E-state index contributed by atoms with van der Waals surface area (Å²) in [5.41, 5.74) is 17.2. The van der Waals surface area contributed by atoms with Crippen molar-refractivity contribution in [2.45, 2.75) is 77.0 Å². The number of hydrogen-bond acceptors (Lipinski definition) is 6. The molecule has 6 nitrogen and oxygen atoms in total. The average molecular weight is 709 g/mol. The summed E-state index contributed by atoms with van der Waals surface area (Å²) in [6.45, 7) is 0. The Bertz CT molecular complexity index is 1720. The van der Waals surface area contributed by atoms with Crippen molar-refractivity contribution in [3.05, 3.63) is 214 Å². The number of aryl methyl sites for hydroxylation is 6. The van der Waals surface area contributed by atoms with Crippen LogP contribution in [0.5, 0.6) is 0 Å². The summed E-state index contributed by atoms with van der Waals surface area (Å²) in [7, 11) is 0. The molecule has 0 radical (unpaired) electrons. The summed E-state index contributed by atoms with van der Waals surface area (Å²) in [6, 6.07) is 26.1. The SMILES string of the molecule is c1cc(CCc2c(CCc3ccncc3)c(CCc3ccncc3)c(CCc3ccncc3)c(CCc3ccncc3)c2CCc2ccncc2)ccn1. The first kappa shape index (κ1) is 36.5. The molecule has 0 N–H and O–H groups in total. The number of rotatable bonds is 18. The van der Waals surface area contributed by atoms with Crippen LogP contribution in [0.2, 0.25) is 0 Å². The first-order valence-corrected chi connectivity index (χ1v) is 19.3. The smallest absolute Gasteiger partial charge is 0.0270 e. The molecular weight excluding hydrogens is 661 g/mol. The topological polar surface area (TPSA) is 77.3 Å². The van der Waals surface area contributed by atoms with Gasteiger partial charge >= 0.3 is 0 Å². The van der Waals surface area contributed by atoms with Gasteiger partial charge in [-0.3, -0.25) is 29.9 Å². The fraction of sp³-hybridized carbons (Fsp3) is 0.250. The van der Waals surface area contributed by atoms with Crippen LogP contribution in [0.25, 0.3) is 0 Å². The fourth-order valence-corrected chi connectivity index (χ4v) is 7.82. The number of benzene rings is 1. The van der Waals surface area contributed by atoms with Gasteiger partial charge in [0, 0.05) is 74.4 Å². The van der Waals surface area contributed by atoms with E-state index in [1.54, 1.807) is 0 Å². The molecule has 0 aliphatic carbocycles. The number of nitrogens with zero attached hydrogens (tertiary/aromatic N) is 6. The van der Waals surface area contributed by atoms with Crippen LogP contribution in [-0.2, 0) is 77.0 Å². The third-order valence-corrected chi connectivity index (χ3v) is 10.7. The molecule has 0 unspecified atom stereocenters. The van der Waals surface area contributed by atoms with Gasteiger partial charge in [0.2, 0.25) is 0 Å². The highest BCUT2D eigenvalue weighted by Crippen LogP contribution is 2.35. The number of pyridine rings is 6. The Morgan fingerprint density at radius 2 is 0.315 bits per heavy atom. The van der Waals surface area contributed by atoms with Gasteiger partial charge in [-0.1, -0.05) is 0 Å². The lowest BCUT2D eigenvalue weighted by molar-refractivity contribution is 0.776. The Kier molecular flexibility index (Phi) is 13.0. The molecule has 0 amide bonds. The van der Waals surface area contributed by atoms with Crippen molar-refractivity contribution in [3.8, 4) is 0 Å². The van der Waals surface area contributed by atoms with E-state index >= 15 is 0 Å². The number of aromatic nitrogens is 6. The number of hydrogen-bond donors (Lipinski definition) is 0. The van der Waals surface area contributed by atoms with Gasteiger partial charge in [0.1, 0.15) is 0 Å². The summed E-state index contributed by atoms with van der Waals surface area (Å²) >= 11 is 0. The zero-order valence-corrected chi connectivity index (χ0v) is 31.0. The summed E-state index contributed by atoms with van der Waals surface area (Å²) < 4.78 is 0. The van der Waals surface area contributed by atoms with Gasteiger partial charge < -0.3 is 0 Å². The van der Waals surface area contributed by atoms with Crippen molar-refractivity contribution < 1.29 is 0 Å². The van der Waals surface area contributed by atoms with Gasteiger partial charge in [-0.25, -0.2) is 0 Å².